The molecule has 132 valence electrons. The normalized spacial score (nSPS) is 14.4. The Morgan fingerprint density at radius 3 is 1.87 bits per heavy atom. The Balaban J connectivity index is 3.44. The quantitative estimate of drug-likeness (QED) is 0.785. The van der Waals surface area contributed by atoms with Gasteiger partial charge in [0, 0.05) is 45.8 Å². The van der Waals surface area contributed by atoms with E-state index in [-0.39, 0.29) is 5.75 Å². The lowest BCUT2D eigenvalue weighted by atomic mass is 9.89. The van der Waals surface area contributed by atoms with Crippen LogP contribution in [0.5, 0.6) is 0 Å². The number of nitrogens with zero attached hydrogens (tertiary/aromatic N) is 2. The first-order valence-corrected chi connectivity index (χ1v) is 9.95. The molecule has 1 atom stereocenters. The number of anilines is 2. The molecule has 1 aromatic rings. The van der Waals surface area contributed by atoms with Crippen molar-refractivity contribution >= 4 is 21.2 Å². The summed E-state index contributed by atoms with van der Waals surface area (Å²) in [6.45, 7) is 2.03. The van der Waals surface area contributed by atoms with E-state index in [1.807, 2.05) is 63.1 Å². The molecule has 0 bridgehead atoms. The number of hydrogen-bond donors (Lipinski definition) is 1. The SMILES string of the molecule is CCCCC(O)(CS(C)(=O)=O)c1cc(N(C)C)cc(N(C)C)c1. The molecular formula is C17H30N2O3S. The molecule has 6 heteroatoms. The summed E-state index contributed by atoms with van der Waals surface area (Å²) in [6, 6.07) is 5.78. The van der Waals surface area contributed by atoms with E-state index in [9.17, 15) is 13.5 Å². The van der Waals surface area contributed by atoms with Crippen molar-refractivity contribution in [1.82, 2.24) is 0 Å². The average molecular weight is 343 g/mol. The first kappa shape index (κ1) is 19.8. The third kappa shape index (κ3) is 5.70. The monoisotopic (exact) mass is 342 g/mol. The van der Waals surface area contributed by atoms with E-state index in [0.29, 0.717) is 12.0 Å². The summed E-state index contributed by atoms with van der Waals surface area (Å²) in [6.07, 6.45) is 3.28. The topological polar surface area (TPSA) is 60.9 Å². The van der Waals surface area contributed by atoms with Gasteiger partial charge in [0.2, 0.25) is 0 Å². The van der Waals surface area contributed by atoms with Crippen molar-refractivity contribution in [3.8, 4) is 0 Å². The largest absolute Gasteiger partial charge is 0.384 e. The molecule has 0 aromatic heterocycles. The predicted octanol–water partition coefficient (Wildman–Crippen LogP) is 2.24. The Morgan fingerprint density at radius 1 is 1.04 bits per heavy atom. The first-order valence-electron chi connectivity index (χ1n) is 7.89. The van der Waals surface area contributed by atoms with Crippen LogP contribution in [0.15, 0.2) is 18.2 Å². The molecule has 23 heavy (non-hydrogen) atoms. The molecule has 1 rings (SSSR count). The van der Waals surface area contributed by atoms with E-state index in [0.717, 1.165) is 24.2 Å². The number of benzene rings is 1. The zero-order valence-corrected chi connectivity index (χ0v) is 15.9. The van der Waals surface area contributed by atoms with Gasteiger partial charge in [-0.1, -0.05) is 19.8 Å². The summed E-state index contributed by atoms with van der Waals surface area (Å²) in [5, 5.41) is 11.1. The van der Waals surface area contributed by atoms with Gasteiger partial charge in [0.05, 0.1) is 5.75 Å². The van der Waals surface area contributed by atoms with Crippen molar-refractivity contribution in [2.45, 2.75) is 31.8 Å². The number of sulfone groups is 1. The van der Waals surface area contributed by atoms with Crippen LogP contribution in [0.2, 0.25) is 0 Å². The molecule has 0 saturated carbocycles. The Morgan fingerprint density at radius 2 is 1.52 bits per heavy atom. The minimum atomic E-state index is -3.30. The fourth-order valence-electron chi connectivity index (χ4n) is 2.58. The third-order valence-electron chi connectivity index (χ3n) is 3.92. The Labute approximate surface area is 140 Å². The lowest BCUT2D eigenvalue weighted by Gasteiger charge is -2.30. The summed E-state index contributed by atoms with van der Waals surface area (Å²) in [7, 11) is 4.42. The lowest BCUT2D eigenvalue weighted by Crippen LogP contribution is -2.34. The van der Waals surface area contributed by atoms with Crippen LogP contribution in [0.4, 0.5) is 11.4 Å². The van der Waals surface area contributed by atoms with E-state index < -0.39 is 15.4 Å². The molecule has 0 amide bonds. The number of aliphatic hydroxyl groups is 1. The summed E-state index contributed by atoms with van der Waals surface area (Å²) < 4.78 is 23.7. The molecule has 1 unspecified atom stereocenters. The van der Waals surface area contributed by atoms with E-state index in [2.05, 4.69) is 0 Å². The number of unbranched alkanes of at least 4 members (excludes halogenated alkanes) is 1. The zero-order valence-electron chi connectivity index (χ0n) is 15.1. The Kier molecular flexibility index (Phi) is 6.48. The van der Waals surface area contributed by atoms with Gasteiger partial charge < -0.3 is 14.9 Å². The molecule has 0 fully saturated rings. The number of hydrogen-bond acceptors (Lipinski definition) is 5. The summed E-state index contributed by atoms with van der Waals surface area (Å²) in [5.74, 6) is -0.260. The maximum absolute atomic E-state index is 11.8. The molecule has 0 radical (unpaired) electrons. The third-order valence-corrected chi connectivity index (χ3v) is 4.92. The maximum atomic E-state index is 11.8. The van der Waals surface area contributed by atoms with Crippen molar-refractivity contribution < 1.29 is 13.5 Å². The van der Waals surface area contributed by atoms with Gasteiger partial charge in [0.15, 0.2) is 9.84 Å². The summed E-state index contributed by atoms with van der Waals surface area (Å²) in [5.41, 5.74) is 1.18. The van der Waals surface area contributed by atoms with Crippen molar-refractivity contribution in [2.75, 3.05) is 50.0 Å². The molecule has 5 nitrogen and oxygen atoms in total. The average Bonchev–Trinajstić information content (AvgIpc) is 2.42. The first-order chi connectivity index (χ1) is 10.5. The van der Waals surface area contributed by atoms with Crippen LogP contribution in [0, 0.1) is 0 Å². The summed E-state index contributed by atoms with van der Waals surface area (Å²) >= 11 is 0. The van der Waals surface area contributed by atoms with Gasteiger partial charge in [-0.2, -0.15) is 0 Å². The Hall–Kier alpha value is -1.27. The second-order valence-electron chi connectivity index (χ2n) is 6.73. The molecule has 0 spiro atoms. The van der Waals surface area contributed by atoms with Gasteiger partial charge in [0.1, 0.15) is 5.60 Å². The molecule has 0 saturated heterocycles. The molecule has 0 aliphatic rings. The van der Waals surface area contributed by atoms with Crippen LogP contribution in [0.3, 0.4) is 0 Å². The second kappa shape index (κ2) is 7.53. The fraction of sp³-hybridized carbons (Fsp3) is 0.647. The predicted molar refractivity (Wildman–Crippen MR) is 98.2 cm³/mol. The van der Waals surface area contributed by atoms with Crippen LogP contribution in [-0.4, -0.2) is 53.7 Å². The van der Waals surface area contributed by atoms with Crippen LogP contribution >= 0.6 is 0 Å². The van der Waals surface area contributed by atoms with Crippen LogP contribution in [-0.2, 0) is 15.4 Å². The number of rotatable bonds is 8. The van der Waals surface area contributed by atoms with Crippen LogP contribution in [0.25, 0.3) is 0 Å². The molecule has 0 heterocycles. The minimum Gasteiger partial charge on any atom is -0.384 e. The molecule has 0 aliphatic heterocycles. The molecule has 0 aliphatic carbocycles. The van der Waals surface area contributed by atoms with Gasteiger partial charge in [-0.05, 0) is 30.2 Å². The highest BCUT2D eigenvalue weighted by Gasteiger charge is 2.33. The van der Waals surface area contributed by atoms with Crippen molar-refractivity contribution in [1.29, 1.82) is 0 Å². The highest BCUT2D eigenvalue weighted by molar-refractivity contribution is 7.90. The van der Waals surface area contributed by atoms with Gasteiger partial charge in [0.25, 0.3) is 0 Å². The highest BCUT2D eigenvalue weighted by atomic mass is 32.2. The summed E-state index contributed by atoms with van der Waals surface area (Å²) in [4.78, 5) is 3.91. The minimum absolute atomic E-state index is 0.260. The van der Waals surface area contributed by atoms with Gasteiger partial charge in [-0.3, -0.25) is 0 Å². The van der Waals surface area contributed by atoms with Crippen molar-refractivity contribution in [3.63, 3.8) is 0 Å². The smallest absolute Gasteiger partial charge is 0.150 e. The molecular weight excluding hydrogens is 312 g/mol. The fourth-order valence-corrected chi connectivity index (χ4v) is 3.76. The standard InChI is InChI=1S/C17H30N2O3S/c1-7-8-9-17(20,13-23(6,21)22)14-10-15(18(2)3)12-16(11-14)19(4)5/h10-12,20H,7-9,13H2,1-6H3. The second-order valence-corrected chi connectivity index (χ2v) is 8.87. The van der Waals surface area contributed by atoms with Crippen molar-refractivity contribution in [3.05, 3.63) is 23.8 Å². The van der Waals surface area contributed by atoms with Gasteiger partial charge >= 0.3 is 0 Å². The zero-order chi connectivity index (χ0) is 17.8. The maximum Gasteiger partial charge on any atom is 0.150 e. The molecule has 1 N–H and O–H groups in total. The van der Waals surface area contributed by atoms with Crippen LogP contribution < -0.4 is 9.80 Å². The van der Waals surface area contributed by atoms with Gasteiger partial charge in [-0.15, -0.1) is 0 Å². The highest BCUT2D eigenvalue weighted by Crippen LogP contribution is 2.34. The van der Waals surface area contributed by atoms with E-state index >= 15 is 0 Å². The molecule has 1 aromatic carbocycles. The van der Waals surface area contributed by atoms with Crippen molar-refractivity contribution in [2.24, 2.45) is 0 Å². The van der Waals surface area contributed by atoms with Gasteiger partial charge in [-0.25, -0.2) is 8.42 Å². The van der Waals surface area contributed by atoms with E-state index in [1.165, 1.54) is 6.26 Å². The van der Waals surface area contributed by atoms with Crippen LogP contribution in [0.1, 0.15) is 31.7 Å². The Bertz CT molecular complexity index is 600. The van der Waals surface area contributed by atoms with E-state index in [1.54, 1.807) is 0 Å². The lowest BCUT2D eigenvalue weighted by molar-refractivity contribution is 0.0490. The van der Waals surface area contributed by atoms with E-state index in [4.69, 9.17) is 0 Å².